The molecule has 3 N–H and O–H groups in total. The molecule has 0 saturated carbocycles. The summed E-state index contributed by atoms with van der Waals surface area (Å²) in [7, 11) is 0. The Kier molecular flexibility index (Phi) is 4.96. The van der Waals surface area contributed by atoms with Gasteiger partial charge in [0.25, 0.3) is 0 Å². The summed E-state index contributed by atoms with van der Waals surface area (Å²) >= 11 is 0. The fourth-order valence-electron chi connectivity index (χ4n) is 3.51. The molecule has 0 amide bonds. The van der Waals surface area contributed by atoms with Crippen molar-refractivity contribution in [3.05, 3.63) is 23.3 Å². The number of cyclic esters (lactones) is 1. The molecule has 2 heterocycles. The molecule has 1 fully saturated rings. The molecule has 2 bridgehead atoms. The third-order valence-electron chi connectivity index (χ3n) is 4.68. The van der Waals surface area contributed by atoms with Gasteiger partial charge in [0.15, 0.2) is 0 Å². The first-order valence-electron chi connectivity index (χ1n) is 8.44. The van der Waals surface area contributed by atoms with Crippen LogP contribution >= 0.6 is 0 Å². The smallest absolute Gasteiger partial charge is 0.342 e. The normalized spacial score (nSPS) is 30.6. The van der Waals surface area contributed by atoms with Crippen LogP contribution in [-0.4, -0.2) is 51.5 Å². The fraction of sp³-hybridized carbons (Fsp3) is 0.556. The van der Waals surface area contributed by atoms with Crippen molar-refractivity contribution in [3.8, 4) is 11.5 Å². The predicted octanol–water partition coefficient (Wildman–Crippen LogP) is 1.46. The van der Waals surface area contributed by atoms with Crippen molar-refractivity contribution in [2.75, 3.05) is 0 Å². The molecule has 25 heavy (non-hydrogen) atoms. The highest BCUT2D eigenvalue weighted by Crippen LogP contribution is 2.31. The maximum absolute atomic E-state index is 12.4. The second-order valence-corrected chi connectivity index (χ2v) is 6.81. The van der Waals surface area contributed by atoms with Crippen molar-refractivity contribution in [3.63, 3.8) is 0 Å². The highest BCUT2D eigenvalue weighted by molar-refractivity contribution is 5.96. The molecule has 0 aliphatic carbocycles. The zero-order valence-corrected chi connectivity index (χ0v) is 14.0. The van der Waals surface area contributed by atoms with E-state index in [0.29, 0.717) is 19.3 Å². The number of esters is 1. The van der Waals surface area contributed by atoms with Gasteiger partial charge in [-0.1, -0.05) is 0 Å². The van der Waals surface area contributed by atoms with E-state index >= 15 is 0 Å². The summed E-state index contributed by atoms with van der Waals surface area (Å²) in [6.45, 7) is 1.69. The Hall–Kier alpha value is -2.12. The Balaban J connectivity index is 1.96. The number of hydrogen-bond acceptors (Lipinski definition) is 7. The minimum Gasteiger partial charge on any atom is -0.508 e. The highest BCUT2D eigenvalue weighted by atomic mass is 16.5. The molecule has 7 heteroatoms. The first-order valence-corrected chi connectivity index (χ1v) is 8.44. The Morgan fingerprint density at radius 1 is 1.16 bits per heavy atom. The number of carbonyl (C=O) groups is 2. The van der Waals surface area contributed by atoms with E-state index in [4.69, 9.17) is 9.47 Å². The van der Waals surface area contributed by atoms with Crippen LogP contribution in [0.15, 0.2) is 12.1 Å². The second-order valence-electron chi connectivity index (χ2n) is 6.81. The fourth-order valence-corrected chi connectivity index (χ4v) is 3.51. The number of phenols is 2. The lowest BCUT2D eigenvalue weighted by Crippen LogP contribution is -2.42. The third-order valence-corrected chi connectivity index (χ3v) is 4.68. The van der Waals surface area contributed by atoms with E-state index in [9.17, 15) is 24.9 Å². The molecule has 3 rings (SSSR count). The number of hydrogen-bond donors (Lipinski definition) is 3. The molecular weight excluding hydrogens is 328 g/mol. The lowest BCUT2D eigenvalue weighted by molar-refractivity contribution is -0.142. The van der Waals surface area contributed by atoms with Gasteiger partial charge in [0.1, 0.15) is 28.9 Å². The van der Waals surface area contributed by atoms with Crippen LogP contribution in [0.2, 0.25) is 0 Å². The summed E-state index contributed by atoms with van der Waals surface area (Å²) < 4.78 is 11.2. The van der Waals surface area contributed by atoms with Crippen LogP contribution < -0.4 is 0 Å². The van der Waals surface area contributed by atoms with E-state index in [1.54, 1.807) is 6.92 Å². The van der Waals surface area contributed by atoms with Crippen LogP contribution in [-0.2, 0) is 20.7 Å². The zero-order valence-electron chi connectivity index (χ0n) is 14.0. The Morgan fingerprint density at radius 3 is 2.68 bits per heavy atom. The summed E-state index contributed by atoms with van der Waals surface area (Å²) in [6, 6.07) is 2.33. The van der Waals surface area contributed by atoms with Crippen molar-refractivity contribution >= 4 is 11.8 Å². The van der Waals surface area contributed by atoms with Gasteiger partial charge in [0.2, 0.25) is 0 Å². The number of ketones is 1. The monoisotopic (exact) mass is 350 g/mol. The second kappa shape index (κ2) is 7.01. The Morgan fingerprint density at radius 2 is 1.92 bits per heavy atom. The van der Waals surface area contributed by atoms with Crippen LogP contribution in [0.1, 0.15) is 48.5 Å². The molecule has 1 saturated heterocycles. The summed E-state index contributed by atoms with van der Waals surface area (Å²) in [5.41, 5.74) is 0.123. The number of Topliss-reactive ketones (excluding diaryl/α,β-unsaturated/α-hetero) is 1. The van der Waals surface area contributed by atoms with Gasteiger partial charge < -0.3 is 24.8 Å². The molecule has 1 aromatic carbocycles. The van der Waals surface area contributed by atoms with Crippen LogP contribution in [0.25, 0.3) is 0 Å². The summed E-state index contributed by atoms with van der Waals surface area (Å²) in [6.07, 6.45) is -0.548. The predicted molar refractivity (Wildman–Crippen MR) is 86.5 cm³/mol. The molecular formula is C18H22O7. The van der Waals surface area contributed by atoms with Gasteiger partial charge in [-0.3, -0.25) is 4.79 Å². The number of aliphatic hydroxyl groups excluding tert-OH is 1. The average Bonchev–Trinajstić information content (AvgIpc) is 2.48. The van der Waals surface area contributed by atoms with Gasteiger partial charge in [-0.2, -0.15) is 0 Å². The first-order chi connectivity index (χ1) is 11.8. The van der Waals surface area contributed by atoms with Crippen molar-refractivity contribution in [2.45, 2.75) is 63.4 Å². The average molecular weight is 350 g/mol. The highest BCUT2D eigenvalue weighted by Gasteiger charge is 2.34. The topological polar surface area (TPSA) is 113 Å². The SMILES string of the molecule is C[C@H]1C[C@H]2O[C@@H](CC[C@@H]2O)CC(=O)Cc2cc(O)cc(O)c2C(=O)O1. The van der Waals surface area contributed by atoms with Gasteiger partial charge >= 0.3 is 5.97 Å². The van der Waals surface area contributed by atoms with E-state index < -0.39 is 30.0 Å². The molecule has 0 aromatic heterocycles. The van der Waals surface area contributed by atoms with Crippen molar-refractivity contribution in [1.82, 2.24) is 0 Å². The van der Waals surface area contributed by atoms with E-state index in [-0.39, 0.29) is 41.6 Å². The Labute approximate surface area is 145 Å². The number of aromatic hydroxyl groups is 2. The van der Waals surface area contributed by atoms with Crippen molar-refractivity contribution < 1.29 is 34.4 Å². The number of phenolic OH excluding ortho intramolecular Hbond substituents is 2. The molecule has 1 aromatic rings. The number of benzene rings is 1. The molecule has 2 aliphatic rings. The molecule has 4 atom stereocenters. The standard InChI is InChI=1S/C18H22O7/c1-9-4-16-14(21)3-2-13(25-16)7-11(19)5-10-6-12(20)8-15(22)17(10)18(23)24-9/h6,8-9,13-14,16,20-22H,2-5,7H2,1H3/t9-,13-,14-,16+/m0/s1. The van der Waals surface area contributed by atoms with Gasteiger partial charge in [-0.05, 0) is 31.4 Å². The lowest BCUT2D eigenvalue weighted by Gasteiger charge is -2.35. The zero-order chi connectivity index (χ0) is 18.1. The number of aliphatic hydroxyl groups is 1. The summed E-state index contributed by atoms with van der Waals surface area (Å²) in [5.74, 6) is -1.59. The quantitative estimate of drug-likeness (QED) is 0.607. The van der Waals surface area contributed by atoms with Crippen LogP contribution in [0.4, 0.5) is 0 Å². The summed E-state index contributed by atoms with van der Waals surface area (Å²) in [4.78, 5) is 24.8. The largest absolute Gasteiger partial charge is 0.508 e. The number of rotatable bonds is 0. The maximum Gasteiger partial charge on any atom is 0.342 e. The Bertz CT molecular complexity index is 684. The minimum atomic E-state index is -0.768. The number of carbonyl (C=O) groups excluding carboxylic acids is 2. The van der Waals surface area contributed by atoms with E-state index in [1.807, 2.05) is 0 Å². The van der Waals surface area contributed by atoms with E-state index in [0.717, 1.165) is 6.07 Å². The minimum absolute atomic E-state index is 0.106. The van der Waals surface area contributed by atoms with E-state index in [1.165, 1.54) is 6.07 Å². The van der Waals surface area contributed by atoms with Gasteiger partial charge in [0, 0.05) is 25.3 Å². The van der Waals surface area contributed by atoms with Gasteiger partial charge in [-0.25, -0.2) is 4.79 Å². The van der Waals surface area contributed by atoms with Crippen molar-refractivity contribution in [1.29, 1.82) is 0 Å². The first kappa shape index (κ1) is 17.7. The maximum atomic E-state index is 12.4. The molecule has 2 aliphatic heterocycles. The lowest BCUT2D eigenvalue weighted by atomic mass is 9.92. The number of fused-ring (bicyclic) bond motifs is 3. The van der Waals surface area contributed by atoms with Crippen LogP contribution in [0.5, 0.6) is 11.5 Å². The van der Waals surface area contributed by atoms with Gasteiger partial charge in [-0.15, -0.1) is 0 Å². The van der Waals surface area contributed by atoms with Crippen LogP contribution in [0, 0.1) is 0 Å². The molecule has 7 nitrogen and oxygen atoms in total. The van der Waals surface area contributed by atoms with Gasteiger partial charge in [0.05, 0.1) is 18.3 Å². The summed E-state index contributed by atoms with van der Waals surface area (Å²) in [5, 5.41) is 29.8. The molecule has 0 radical (unpaired) electrons. The molecule has 0 spiro atoms. The number of ether oxygens (including phenoxy) is 2. The molecule has 136 valence electrons. The van der Waals surface area contributed by atoms with Crippen LogP contribution in [0.3, 0.4) is 0 Å². The van der Waals surface area contributed by atoms with E-state index in [2.05, 4.69) is 0 Å². The third kappa shape index (κ3) is 3.93. The molecule has 0 unspecified atom stereocenters. The van der Waals surface area contributed by atoms with Crippen molar-refractivity contribution in [2.24, 2.45) is 0 Å².